The molecule has 37 heavy (non-hydrogen) atoms. The van der Waals surface area contributed by atoms with Crippen molar-refractivity contribution >= 4 is 30.1 Å². The molecule has 1 fully saturated rings. The van der Waals surface area contributed by atoms with E-state index in [-0.39, 0.29) is 23.7 Å². The van der Waals surface area contributed by atoms with E-state index in [1.54, 1.807) is 0 Å². The molecule has 0 aliphatic carbocycles. The number of alkyl halides is 1. The van der Waals surface area contributed by atoms with Gasteiger partial charge in [-0.15, -0.1) is 0 Å². The number of nitrogens with zero attached hydrogens (tertiary/aromatic N) is 2. The van der Waals surface area contributed by atoms with E-state index in [1.165, 1.54) is 6.20 Å². The van der Waals surface area contributed by atoms with Gasteiger partial charge >= 0.3 is 5.69 Å². The molecule has 1 N–H and O–H groups in total. The number of rotatable bonds is 13. The molecular weight excluding hydrogens is 536 g/mol. The van der Waals surface area contributed by atoms with Crippen LogP contribution in [0.5, 0.6) is 0 Å². The third kappa shape index (κ3) is 9.92. The highest BCUT2D eigenvalue weighted by Gasteiger charge is 2.48. The molecule has 0 amide bonds. The molecule has 1 saturated heterocycles. The predicted molar refractivity (Wildman–Crippen MR) is 154 cm³/mol. The third-order valence-electron chi connectivity index (χ3n) is 5.49. The molecule has 2 heterocycles. The summed E-state index contributed by atoms with van der Waals surface area (Å²) >= 11 is 0. The van der Waals surface area contributed by atoms with Gasteiger partial charge in [-0.1, -0.05) is 42.4 Å². The molecule has 0 spiro atoms. The van der Waals surface area contributed by atoms with Crippen LogP contribution in [0.2, 0.25) is 0 Å². The fourth-order valence-corrected chi connectivity index (χ4v) is 8.24. The van der Waals surface area contributed by atoms with Crippen LogP contribution in [0.4, 0.5) is 4.39 Å². The van der Waals surface area contributed by atoms with E-state index in [9.17, 15) is 9.59 Å². The van der Waals surface area contributed by atoms with E-state index in [1.807, 2.05) is 63.1 Å². The number of ether oxygens (including phenoxy) is 1. The number of hydrogen-bond donors (Lipinski definition) is 1. The predicted octanol–water partition coefficient (Wildman–Crippen LogP) is 6.28. The summed E-state index contributed by atoms with van der Waals surface area (Å²) in [5.41, 5.74) is -1.89. The van der Waals surface area contributed by atoms with Crippen molar-refractivity contribution < 1.29 is 19.5 Å². The molecule has 8 nitrogen and oxygen atoms in total. The van der Waals surface area contributed by atoms with Gasteiger partial charge in [0.15, 0.2) is 12.4 Å². The van der Waals surface area contributed by atoms with Crippen molar-refractivity contribution in [3.63, 3.8) is 0 Å². The first-order valence-corrected chi connectivity index (χ1v) is 16.2. The summed E-state index contributed by atoms with van der Waals surface area (Å²) in [6.07, 6.45) is -2.11. The molecule has 1 aromatic rings. The Balaban J connectivity index is 2.23. The van der Waals surface area contributed by atoms with Gasteiger partial charge in [-0.25, -0.2) is 13.9 Å². The maximum Gasteiger partial charge on any atom is 0.330 e. The number of nitrogens with one attached hydrogen (secondary N) is 1. The fourth-order valence-electron chi connectivity index (χ4n) is 3.90. The Morgan fingerprint density at radius 2 is 1.89 bits per heavy atom. The minimum atomic E-state index is -1.74. The van der Waals surface area contributed by atoms with Gasteiger partial charge in [0.05, 0.1) is 11.7 Å². The Kier molecular flexibility index (Phi) is 11.6. The quantitative estimate of drug-likeness (QED) is 0.165. The topological polar surface area (TPSA) is 85.8 Å². The van der Waals surface area contributed by atoms with E-state index in [2.05, 4.69) is 30.4 Å². The zero-order valence-corrected chi connectivity index (χ0v) is 26.1. The van der Waals surface area contributed by atoms with Gasteiger partial charge in [0.2, 0.25) is 0 Å². The summed E-state index contributed by atoms with van der Waals surface area (Å²) in [6, 6.07) is 1.25. The lowest BCUT2D eigenvalue weighted by molar-refractivity contribution is -0.0192. The first kappa shape index (κ1) is 31.1. The number of aromatic nitrogens is 2. The molecule has 0 saturated carbocycles. The van der Waals surface area contributed by atoms with Gasteiger partial charge in [0.25, 0.3) is 14.1 Å². The summed E-state index contributed by atoms with van der Waals surface area (Å²) in [5, 5.41) is 0. The van der Waals surface area contributed by atoms with Gasteiger partial charge in [-0.3, -0.25) is 14.3 Å². The molecule has 1 aliphatic rings. The van der Waals surface area contributed by atoms with Gasteiger partial charge in [-0.05, 0) is 61.3 Å². The van der Waals surface area contributed by atoms with Crippen molar-refractivity contribution in [2.24, 2.45) is 0 Å². The highest BCUT2D eigenvalue weighted by molar-refractivity contribution is 8.77. The van der Waals surface area contributed by atoms with Crippen LogP contribution < -0.4 is 11.2 Å². The molecule has 5 atom stereocenters. The van der Waals surface area contributed by atoms with Crippen LogP contribution in [0.25, 0.3) is 0 Å². The lowest BCUT2D eigenvalue weighted by atomic mass is 10.0. The molecule has 1 aliphatic heterocycles. The van der Waals surface area contributed by atoms with E-state index in [4.69, 9.17) is 15.2 Å². The van der Waals surface area contributed by atoms with Crippen LogP contribution in [0.15, 0.2) is 21.9 Å². The Bertz CT molecular complexity index is 983. The van der Waals surface area contributed by atoms with Gasteiger partial charge in [0, 0.05) is 36.2 Å². The van der Waals surface area contributed by atoms with Gasteiger partial charge in [-0.2, -0.15) is 0 Å². The van der Waals surface area contributed by atoms with Crippen LogP contribution in [0.3, 0.4) is 0 Å². The van der Waals surface area contributed by atoms with Gasteiger partial charge < -0.3 is 13.8 Å². The summed E-state index contributed by atoms with van der Waals surface area (Å²) in [5.74, 6) is 0.991. The van der Waals surface area contributed by atoms with E-state index in [0.29, 0.717) is 0 Å². The zero-order valence-electron chi connectivity index (χ0n) is 24.5. The van der Waals surface area contributed by atoms with Crippen LogP contribution in [0.1, 0.15) is 89.7 Å². The summed E-state index contributed by atoms with van der Waals surface area (Å²) in [6.45, 7) is 18.5. The number of halogens is 1. The van der Waals surface area contributed by atoms with Crippen molar-refractivity contribution in [1.82, 2.24) is 14.2 Å². The Hall–Kier alpha value is -0.420. The van der Waals surface area contributed by atoms with Crippen LogP contribution in [-0.2, 0) is 13.8 Å². The van der Waals surface area contributed by atoms with Crippen LogP contribution in [0, 0.1) is 0 Å². The van der Waals surface area contributed by atoms with Crippen molar-refractivity contribution in [3.05, 3.63) is 33.1 Å². The van der Waals surface area contributed by atoms with Gasteiger partial charge in [0.1, 0.15) is 6.10 Å². The summed E-state index contributed by atoms with van der Waals surface area (Å²) in [4.78, 5) is 25.9. The Morgan fingerprint density at radius 3 is 2.43 bits per heavy atom. The van der Waals surface area contributed by atoms with E-state index < -0.39 is 50.0 Å². The Morgan fingerprint density at radius 1 is 1.24 bits per heavy atom. The molecule has 1 aromatic heterocycles. The zero-order chi connectivity index (χ0) is 28.8. The highest BCUT2D eigenvalue weighted by atomic mass is 33.1. The van der Waals surface area contributed by atoms with E-state index >= 15 is 4.39 Å². The molecule has 12 heteroatoms. The minimum absolute atomic E-state index is 0.0584. The molecule has 0 radical (unpaired) electrons. The summed E-state index contributed by atoms with van der Waals surface area (Å²) in [7, 11) is 1.99. The first-order chi connectivity index (χ1) is 17.6. The molecule has 2 rings (SSSR count). The largest absolute Gasteiger partial charge is 0.349 e. The lowest BCUT2D eigenvalue weighted by Crippen LogP contribution is -2.40. The second-order valence-corrected chi connectivity index (χ2v) is 15.9. The molecule has 0 bridgehead atoms. The maximum absolute atomic E-state index is 15.8. The summed E-state index contributed by atoms with van der Waals surface area (Å²) < 4.78 is 45.9. The number of H-pyrrole nitrogens is 1. The third-order valence-corrected chi connectivity index (χ3v) is 11.3. The molecule has 214 valence electrons. The van der Waals surface area contributed by atoms with Crippen molar-refractivity contribution in [2.45, 2.75) is 129 Å². The minimum Gasteiger partial charge on any atom is -0.349 e. The van der Waals surface area contributed by atoms with Crippen molar-refractivity contribution in [3.8, 4) is 0 Å². The smallest absolute Gasteiger partial charge is 0.330 e. The van der Waals surface area contributed by atoms with Crippen molar-refractivity contribution in [1.29, 1.82) is 0 Å². The second-order valence-electron chi connectivity index (χ2n) is 11.4. The Labute approximate surface area is 231 Å². The molecular formula is C25H45FN3O5PS2. The monoisotopic (exact) mass is 582 g/mol. The fraction of sp³-hybridized carbons (Fsp3) is 0.840. The molecule has 0 aromatic carbocycles. The number of hydrogen-bond acceptors (Lipinski definition) is 8. The van der Waals surface area contributed by atoms with Crippen LogP contribution in [-0.4, -0.2) is 60.8 Å². The van der Waals surface area contributed by atoms with Crippen LogP contribution >= 0.6 is 30.1 Å². The second kappa shape index (κ2) is 13.8. The standard InChI is InChI=1S/C25H45FN3O5PS2/c1-16(2)29(17(3)4)35(34-25(9,10)13-11-15-36-37-24(6,7)8)33-21-18(5)32-22(20(21)26)28-14-12-19(30)27-23(28)31/h12,14,16-18,20-22H,11,13,15H2,1-10H3,(H,27,30,31)/i5D. The lowest BCUT2D eigenvalue weighted by Gasteiger charge is -2.41. The highest BCUT2D eigenvalue weighted by Crippen LogP contribution is 2.53. The average molecular weight is 583 g/mol. The van der Waals surface area contributed by atoms with Crippen molar-refractivity contribution in [2.75, 3.05) is 5.75 Å². The molecule has 5 unspecified atom stereocenters. The number of aromatic amines is 1. The SMILES string of the molecule is [2H]CC1OC(n2ccc(=O)[nH]c2=O)C(F)C1OP(OC(C)(C)CCCSSC(C)(C)C)N(C(C)C)C(C)C. The average Bonchev–Trinajstić information content (AvgIpc) is 3.07. The normalized spacial score (nSPS) is 24.3. The maximum atomic E-state index is 15.8. The first-order valence-electron chi connectivity index (χ1n) is 13.4. The van der Waals surface area contributed by atoms with E-state index in [0.717, 1.165) is 29.2 Å².